The molecule has 2 amide bonds. The molecule has 1 fully saturated rings. The van der Waals surface area contributed by atoms with E-state index in [0.717, 1.165) is 11.3 Å². The zero-order valence-electron chi connectivity index (χ0n) is 15.1. The summed E-state index contributed by atoms with van der Waals surface area (Å²) in [6.07, 6.45) is 0.520. The summed E-state index contributed by atoms with van der Waals surface area (Å²) in [5.74, 6) is 0.199. The summed E-state index contributed by atoms with van der Waals surface area (Å²) in [7, 11) is 3.11. The Hall–Kier alpha value is -2.73. The first-order chi connectivity index (χ1) is 13.0. The lowest BCUT2D eigenvalue weighted by Crippen LogP contribution is -2.27. The third-order valence-corrected chi connectivity index (χ3v) is 4.76. The summed E-state index contributed by atoms with van der Waals surface area (Å²) in [5, 5.41) is 6.16. The molecule has 0 aliphatic heterocycles. The van der Waals surface area contributed by atoms with Gasteiger partial charge in [0.25, 0.3) is 0 Å². The summed E-state index contributed by atoms with van der Waals surface area (Å²) < 4.78 is 10.5. The second-order valence-electron chi connectivity index (χ2n) is 6.31. The molecule has 2 atom stereocenters. The van der Waals surface area contributed by atoms with Crippen molar-refractivity contribution >= 4 is 29.1 Å². The van der Waals surface area contributed by atoms with Crippen molar-refractivity contribution in [1.29, 1.82) is 0 Å². The monoisotopic (exact) mass is 388 g/mol. The number of rotatable bonds is 7. The van der Waals surface area contributed by atoms with Crippen molar-refractivity contribution in [1.82, 2.24) is 5.32 Å². The van der Waals surface area contributed by atoms with Crippen LogP contribution in [0, 0.1) is 11.8 Å². The molecule has 6 nitrogen and oxygen atoms in total. The Morgan fingerprint density at radius 2 is 1.74 bits per heavy atom. The molecule has 1 aliphatic rings. The number of para-hydroxylation sites is 1. The molecule has 2 N–H and O–H groups in total. The number of halogens is 1. The number of benzene rings is 2. The minimum Gasteiger partial charge on any atom is -0.496 e. The molecule has 2 aromatic carbocycles. The molecule has 0 radical (unpaired) electrons. The predicted molar refractivity (Wildman–Crippen MR) is 103 cm³/mol. The average molecular weight is 389 g/mol. The van der Waals surface area contributed by atoms with Crippen LogP contribution in [0.2, 0.25) is 5.02 Å². The van der Waals surface area contributed by atoms with E-state index in [0.29, 0.717) is 29.4 Å². The van der Waals surface area contributed by atoms with Crippen LogP contribution in [0.5, 0.6) is 11.5 Å². The quantitative estimate of drug-likeness (QED) is 0.763. The van der Waals surface area contributed by atoms with Crippen molar-refractivity contribution in [3.8, 4) is 11.5 Å². The zero-order valence-corrected chi connectivity index (χ0v) is 15.9. The molecule has 1 aliphatic carbocycles. The molecule has 2 unspecified atom stereocenters. The lowest BCUT2D eigenvalue weighted by Gasteiger charge is -2.11. The number of nitrogens with one attached hydrogen (secondary N) is 2. The first kappa shape index (κ1) is 19.0. The molecule has 7 heteroatoms. The van der Waals surface area contributed by atoms with Gasteiger partial charge in [0.05, 0.1) is 31.7 Å². The van der Waals surface area contributed by atoms with Gasteiger partial charge in [-0.05, 0) is 30.7 Å². The van der Waals surface area contributed by atoms with Gasteiger partial charge in [-0.1, -0.05) is 29.8 Å². The zero-order chi connectivity index (χ0) is 19.4. The van der Waals surface area contributed by atoms with Gasteiger partial charge < -0.3 is 20.1 Å². The van der Waals surface area contributed by atoms with Crippen LogP contribution in [0.1, 0.15) is 12.0 Å². The van der Waals surface area contributed by atoms with Gasteiger partial charge in [0.1, 0.15) is 11.5 Å². The van der Waals surface area contributed by atoms with E-state index in [1.807, 2.05) is 24.3 Å². The molecule has 3 rings (SSSR count). The second kappa shape index (κ2) is 8.31. The molecule has 0 bridgehead atoms. The summed E-state index contributed by atoms with van der Waals surface area (Å²) in [4.78, 5) is 24.8. The highest BCUT2D eigenvalue weighted by atomic mass is 35.5. The Bertz CT molecular complexity index is 856. The third kappa shape index (κ3) is 4.52. The third-order valence-electron chi connectivity index (χ3n) is 4.53. The Labute approximate surface area is 162 Å². The highest BCUT2D eigenvalue weighted by Gasteiger charge is 2.48. The van der Waals surface area contributed by atoms with Crippen molar-refractivity contribution in [2.75, 3.05) is 19.5 Å². The fourth-order valence-corrected chi connectivity index (χ4v) is 3.11. The van der Waals surface area contributed by atoms with Crippen LogP contribution < -0.4 is 20.1 Å². The number of methoxy groups -OCH3 is 2. The molecule has 27 heavy (non-hydrogen) atoms. The van der Waals surface area contributed by atoms with Crippen LogP contribution in [-0.4, -0.2) is 26.0 Å². The number of carbonyl (C=O) groups is 2. The predicted octanol–water partition coefficient (Wildman–Crippen LogP) is 3.25. The number of anilines is 1. The van der Waals surface area contributed by atoms with Crippen molar-refractivity contribution in [2.45, 2.75) is 13.0 Å². The fourth-order valence-electron chi connectivity index (χ4n) is 2.94. The van der Waals surface area contributed by atoms with E-state index in [-0.39, 0.29) is 23.7 Å². The average Bonchev–Trinajstić information content (AvgIpc) is 3.47. The van der Waals surface area contributed by atoms with E-state index in [9.17, 15) is 9.59 Å². The summed E-state index contributed by atoms with van der Waals surface area (Å²) in [5.41, 5.74) is 1.38. The van der Waals surface area contributed by atoms with Crippen molar-refractivity contribution < 1.29 is 19.1 Å². The second-order valence-corrected chi connectivity index (χ2v) is 6.75. The van der Waals surface area contributed by atoms with E-state index < -0.39 is 0 Å². The van der Waals surface area contributed by atoms with Crippen LogP contribution in [-0.2, 0) is 16.1 Å². The Morgan fingerprint density at radius 3 is 2.48 bits per heavy atom. The number of carbonyl (C=O) groups excluding carboxylic acids is 2. The van der Waals surface area contributed by atoms with E-state index in [1.54, 1.807) is 25.3 Å². The van der Waals surface area contributed by atoms with E-state index >= 15 is 0 Å². The van der Waals surface area contributed by atoms with Crippen molar-refractivity contribution in [3.05, 3.63) is 53.1 Å². The van der Waals surface area contributed by atoms with Crippen LogP contribution in [0.25, 0.3) is 0 Å². The van der Waals surface area contributed by atoms with Crippen molar-refractivity contribution in [3.63, 3.8) is 0 Å². The standard InChI is InChI=1S/C20H21ClN2O4/c1-26-17-6-4-3-5-12(17)11-22-19(24)14-10-15(14)20(25)23-16-9-13(21)7-8-18(16)27-2/h3-9,14-15H,10-11H2,1-2H3,(H,22,24)(H,23,25). The Kier molecular flexibility index (Phi) is 5.86. The molecule has 0 aromatic heterocycles. The van der Waals surface area contributed by atoms with E-state index in [2.05, 4.69) is 10.6 Å². The maximum Gasteiger partial charge on any atom is 0.228 e. The minimum absolute atomic E-state index is 0.140. The lowest BCUT2D eigenvalue weighted by molar-refractivity contribution is -0.125. The number of amides is 2. The lowest BCUT2D eigenvalue weighted by atomic mass is 10.2. The highest BCUT2D eigenvalue weighted by Crippen LogP contribution is 2.40. The van der Waals surface area contributed by atoms with Crippen LogP contribution in [0.4, 0.5) is 5.69 Å². The van der Waals surface area contributed by atoms with Crippen molar-refractivity contribution in [2.24, 2.45) is 11.8 Å². The van der Waals surface area contributed by atoms with Gasteiger partial charge in [-0.3, -0.25) is 9.59 Å². The molecule has 142 valence electrons. The Balaban J connectivity index is 1.55. The SMILES string of the molecule is COc1ccccc1CNC(=O)C1CC1C(=O)Nc1cc(Cl)ccc1OC. The molecule has 2 aromatic rings. The maximum atomic E-state index is 12.4. The molecule has 0 saturated heterocycles. The van der Waals surface area contributed by atoms with E-state index in [4.69, 9.17) is 21.1 Å². The summed E-state index contributed by atoms with van der Waals surface area (Å²) in [6, 6.07) is 12.5. The number of hydrogen-bond acceptors (Lipinski definition) is 4. The van der Waals surface area contributed by atoms with Gasteiger partial charge in [0.15, 0.2) is 0 Å². The fraction of sp³-hybridized carbons (Fsp3) is 0.300. The number of hydrogen-bond donors (Lipinski definition) is 2. The summed E-state index contributed by atoms with van der Waals surface area (Å²) >= 11 is 5.97. The Morgan fingerprint density at radius 1 is 1.04 bits per heavy atom. The van der Waals surface area contributed by atoms with Gasteiger partial charge in [-0.2, -0.15) is 0 Å². The number of ether oxygens (including phenoxy) is 2. The van der Waals surface area contributed by atoms with Gasteiger partial charge >= 0.3 is 0 Å². The first-order valence-corrected chi connectivity index (χ1v) is 8.95. The van der Waals surface area contributed by atoms with Crippen LogP contribution in [0.3, 0.4) is 0 Å². The first-order valence-electron chi connectivity index (χ1n) is 8.57. The summed E-state index contributed by atoms with van der Waals surface area (Å²) in [6.45, 7) is 0.357. The minimum atomic E-state index is -0.355. The largest absolute Gasteiger partial charge is 0.496 e. The van der Waals surface area contributed by atoms with Crippen LogP contribution in [0.15, 0.2) is 42.5 Å². The highest BCUT2D eigenvalue weighted by molar-refractivity contribution is 6.31. The van der Waals surface area contributed by atoms with Crippen LogP contribution >= 0.6 is 11.6 Å². The van der Waals surface area contributed by atoms with Gasteiger partial charge in [-0.15, -0.1) is 0 Å². The van der Waals surface area contributed by atoms with Gasteiger partial charge in [-0.25, -0.2) is 0 Å². The molecule has 0 heterocycles. The topological polar surface area (TPSA) is 76.7 Å². The molecular formula is C20H21ClN2O4. The normalized spacial score (nSPS) is 17.7. The van der Waals surface area contributed by atoms with Gasteiger partial charge in [0.2, 0.25) is 11.8 Å². The smallest absolute Gasteiger partial charge is 0.228 e. The van der Waals surface area contributed by atoms with E-state index in [1.165, 1.54) is 7.11 Å². The molecular weight excluding hydrogens is 368 g/mol. The molecule has 1 saturated carbocycles. The maximum absolute atomic E-state index is 12.4. The molecule has 0 spiro atoms. The van der Waals surface area contributed by atoms with Gasteiger partial charge in [0, 0.05) is 17.1 Å².